The maximum absolute atomic E-state index is 14.1. The highest BCUT2D eigenvalue weighted by Crippen LogP contribution is 2.60. The summed E-state index contributed by atoms with van der Waals surface area (Å²) in [6.07, 6.45) is 10.7. The third-order valence-electron chi connectivity index (χ3n) is 13.2. The number of epoxide rings is 2. The number of likely N-dealkylation sites (tertiary alicyclic amines) is 1. The monoisotopic (exact) mass is 713 g/mol. The molecule has 3 saturated heterocycles. The number of ether oxygens (including phenoxy) is 4. The Labute approximate surface area is 302 Å². The van der Waals surface area contributed by atoms with E-state index < -0.39 is 22.8 Å². The molecule has 1 unspecified atom stereocenters. The van der Waals surface area contributed by atoms with E-state index in [4.69, 9.17) is 18.9 Å². The number of methoxy groups -OCH3 is 1. The molecule has 12 nitrogen and oxygen atoms in total. The van der Waals surface area contributed by atoms with Gasteiger partial charge in [-0.25, -0.2) is 4.79 Å². The predicted molar refractivity (Wildman–Crippen MR) is 187 cm³/mol. The number of carbonyl (C=O) groups excluding carboxylic acids is 5. The van der Waals surface area contributed by atoms with E-state index in [9.17, 15) is 24.0 Å². The number of amides is 3. The second-order valence-electron chi connectivity index (χ2n) is 16.7. The first-order chi connectivity index (χ1) is 24.3. The molecular weight excluding hydrogens is 654 g/mol. The Morgan fingerprint density at radius 3 is 2.20 bits per heavy atom. The van der Waals surface area contributed by atoms with Gasteiger partial charge in [-0.2, -0.15) is 0 Å². The van der Waals surface area contributed by atoms with Crippen molar-refractivity contribution >= 4 is 29.5 Å². The van der Waals surface area contributed by atoms with Gasteiger partial charge in [0.2, 0.25) is 17.7 Å². The molecular formula is C39H59N3O9. The van der Waals surface area contributed by atoms with Crippen LogP contribution in [0, 0.1) is 16.7 Å². The number of hydrogen-bond acceptors (Lipinski definition) is 9. The van der Waals surface area contributed by atoms with Crippen LogP contribution in [0.1, 0.15) is 118 Å². The Morgan fingerprint density at radius 1 is 0.922 bits per heavy atom. The highest BCUT2D eigenvalue weighted by Gasteiger charge is 2.72. The zero-order valence-corrected chi connectivity index (χ0v) is 31.3. The summed E-state index contributed by atoms with van der Waals surface area (Å²) in [5.41, 5.74) is -0.268. The lowest BCUT2D eigenvalue weighted by Crippen LogP contribution is -2.62. The van der Waals surface area contributed by atoms with Crippen LogP contribution < -0.4 is 10.6 Å². The van der Waals surface area contributed by atoms with Gasteiger partial charge in [-0.15, -0.1) is 0 Å². The zero-order chi connectivity index (χ0) is 36.6. The van der Waals surface area contributed by atoms with Crippen molar-refractivity contribution in [1.29, 1.82) is 0 Å². The van der Waals surface area contributed by atoms with Crippen molar-refractivity contribution in [3.8, 4) is 0 Å². The molecule has 0 aromatic heterocycles. The third-order valence-corrected chi connectivity index (χ3v) is 13.2. The number of nitrogens with zero attached hydrogens (tertiary/aromatic N) is 1. The predicted octanol–water partition coefficient (Wildman–Crippen LogP) is 3.93. The topological polar surface area (TPSA) is 156 Å². The molecule has 0 radical (unpaired) electrons. The standard InChI is InChI=1S/C39H59N3O9/c1-25(2)9-11-29-36(4,51-29)32-31(48-5)27(13-14-39(32)24-50-39)41-35(47)38-18-15-37(16-19-38,17-20-38)34(46)40-21-7-23-49-33(45)28-8-6-22-42(28)30(44)12-10-26(3)43/h9,27-29,31-32H,6-8,10-24H2,1-5H3,(H,40,46)(H,41,47)/t27-,28?,29-,31-,32-,36+,37?,38?,39+/m1/s1. The lowest BCUT2D eigenvalue weighted by molar-refractivity contribution is -0.154. The van der Waals surface area contributed by atoms with Gasteiger partial charge >= 0.3 is 5.97 Å². The van der Waals surface area contributed by atoms with E-state index in [1.54, 1.807) is 7.11 Å². The number of Topliss-reactive ketones (excluding diaryl/α,β-unsaturated/α-hetero) is 1. The smallest absolute Gasteiger partial charge is 0.328 e. The summed E-state index contributed by atoms with van der Waals surface area (Å²) < 4.78 is 24.1. The number of hydrogen-bond donors (Lipinski definition) is 2. The highest BCUT2D eigenvalue weighted by atomic mass is 16.6. The molecule has 1 spiro atoms. The van der Waals surface area contributed by atoms with Gasteiger partial charge in [0, 0.05) is 49.8 Å². The van der Waals surface area contributed by atoms with Gasteiger partial charge in [0.15, 0.2) is 0 Å². The van der Waals surface area contributed by atoms with Crippen LogP contribution in [-0.4, -0.2) is 103 Å². The van der Waals surface area contributed by atoms with Crippen molar-refractivity contribution in [2.45, 2.75) is 153 Å². The van der Waals surface area contributed by atoms with Crippen LogP contribution in [0.25, 0.3) is 0 Å². The average Bonchev–Trinajstić information content (AvgIpc) is 3.97. The molecule has 3 aliphatic heterocycles. The molecule has 7 rings (SSSR count). The van der Waals surface area contributed by atoms with Crippen molar-refractivity contribution in [2.24, 2.45) is 16.7 Å². The van der Waals surface area contributed by atoms with Gasteiger partial charge in [0.25, 0.3) is 0 Å². The number of allylic oxidation sites excluding steroid dienone is 1. The van der Waals surface area contributed by atoms with Gasteiger partial charge in [0.05, 0.1) is 37.1 Å². The summed E-state index contributed by atoms with van der Waals surface area (Å²) in [4.78, 5) is 65.5. The van der Waals surface area contributed by atoms with Crippen LogP contribution in [0.3, 0.4) is 0 Å². The first-order valence-electron chi connectivity index (χ1n) is 19.3. The molecule has 2 bridgehead atoms. The maximum Gasteiger partial charge on any atom is 0.328 e. The van der Waals surface area contributed by atoms with Gasteiger partial charge in [-0.3, -0.25) is 14.4 Å². The molecule has 2 N–H and O–H groups in total. The largest absolute Gasteiger partial charge is 0.464 e. The molecule has 284 valence electrons. The number of ketones is 1. The van der Waals surface area contributed by atoms with Crippen molar-refractivity contribution < 1.29 is 42.9 Å². The molecule has 7 aliphatic rings. The SMILES string of the molecule is CO[C@@H]1[C@H](NC(=O)C23CCC(C(=O)NCCCOC(=O)C4CCCN4C(=O)CCC(C)=O)(CC2)CC3)CC[C@]2(CO2)[C@H]1[C@@]1(C)O[C@@H]1CC=C(C)C. The van der Waals surface area contributed by atoms with Gasteiger partial charge in [-0.05, 0) is 105 Å². The zero-order valence-electron chi connectivity index (χ0n) is 31.3. The fourth-order valence-corrected chi connectivity index (χ4v) is 9.80. The van der Waals surface area contributed by atoms with Crippen LogP contribution in [0.4, 0.5) is 0 Å². The Kier molecular flexibility index (Phi) is 11.1. The molecule has 3 amide bonds. The summed E-state index contributed by atoms with van der Waals surface area (Å²) in [5.74, 6) is -0.537. The van der Waals surface area contributed by atoms with Gasteiger partial charge in [0.1, 0.15) is 17.4 Å². The lowest BCUT2D eigenvalue weighted by Gasteiger charge is -2.52. The van der Waals surface area contributed by atoms with E-state index in [0.717, 1.165) is 25.7 Å². The van der Waals surface area contributed by atoms with E-state index >= 15 is 0 Å². The first-order valence-corrected chi connectivity index (χ1v) is 19.3. The van der Waals surface area contributed by atoms with Crippen LogP contribution >= 0.6 is 0 Å². The molecule has 3 heterocycles. The maximum atomic E-state index is 14.1. The summed E-state index contributed by atoms with van der Waals surface area (Å²) >= 11 is 0. The Bertz CT molecular complexity index is 1380. The van der Waals surface area contributed by atoms with E-state index in [-0.39, 0.29) is 78.3 Å². The van der Waals surface area contributed by atoms with Crippen LogP contribution in [0.15, 0.2) is 11.6 Å². The summed E-state index contributed by atoms with van der Waals surface area (Å²) in [7, 11) is 1.73. The summed E-state index contributed by atoms with van der Waals surface area (Å²) in [5, 5.41) is 6.51. The van der Waals surface area contributed by atoms with Crippen molar-refractivity contribution in [3.05, 3.63) is 11.6 Å². The van der Waals surface area contributed by atoms with Crippen LogP contribution in [-0.2, 0) is 42.9 Å². The second kappa shape index (κ2) is 14.9. The number of fused-ring (bicyclic) bond motifs is 3. The van der Waals surface area contributed by atoms with E-state index in [1.807, 2.05) is 0 Å². The fourth-order valence-electron chi connectivity index (χ4n) is 9.80. The van der Waals surface area contributed by atoms with Crippen molar-refractivity contribution in [2.75, 3.05) is 33.4 Å². The average molecular weight is 714 g/mol. The van der Waals surface area contributed by atoms with Gasteiger partial charge in [-0.1, -0.05) is 11.6 Å². The number of nitrogens with one attached hydrogen (secondary N) is 2. The molecule has 7 fully saturated rings. The lowest BCUT2D eigenvalue weighted by atomic mass is 9.53. The molecule has 4 saturated carbocycles. The van der Waals surface area contributed by atoms with Crippen LogP contribution in [0.2, 0.25) is 0 Å². The van der Waals surface area contributed by atoms with E-state index in [1.165, 1.54) is 17.4 Å². The van der Waals surface area contributed by atoms with Crippen molar-refractivity contribution in [1.82, 2.24) is 15.5 Å². The second-order valence-corrected chi connectivity index (χ2v) is 16.7. The molecule has 0 aromatic rings. The Morgan fingerprint density at radius 2 is 1.59 bits per heavy atom. The first kappa shape index (κ1) is 37.9. The van der Waals surface area contributed by atoms with Crippen molar-refractivity contribution in [3.63, 3.8) is 0 Å². The Hall–Kier alpha value is -2.83. The minimum atomic E-state index is -0.607. The molecule has 51 heavy (non-hydrogen) atoms. The summed E-state index contributed by atoms with van der Waals surface area (Å²) in [6, 6.07) is -0.735. The minimum absolute atomic E-state index is 0.0187. The van der Waals surface area contributed by atoms with E-state index in [0.29, 0.717) is 71.1 Å². The number of rotatable bonds is 15. The molecule has 7 atom stereocenters. The molecule has 12 heteroatoms. The Balaban J connectivity index is 0.951. The quantitative estimate of drug-likeness (QED) is 0.111. The van der Waals surface area contributed by atoms with Gasteiger partial charge < -0.3 is 39.3 Å². The fraction of sp³-hybridized carbons (Fsp3) is 0.821. The number of esters is 1. The molecule has 0 aromatic carbocycles. The highest BCUT2D eigenvalue weighted by molar-refractivity contribution is 5.88. The number of carbonyl (C=O) groups is 5. The van der Waals surface area contributed by atoms with E-state index in [2.05, 4.69) is 37.5 Å². The van der Waals surface area contributed by atoms with Crippen LogP contribution in [0.5, 0.6) is 0 Å². The normalized spacial score (nSPS) is 37.8. The summed E-state index contributed by atoms with van der Waals surface area (Å²) in [6.45, 7) is 9.56. The minimum Gasteiger partial charge on any atom is -0.464 e. The molecule has 4 aliphatic carbocycles. The third kappa shape index (κ3) is 7.65.